The van der Waals surface area contributed by atoms with Crippen molar-refractivity contribution in [1.82, 2.24) is 9.80 Å². The highest BCUT2D eigenvalue weighted by Gasteiger charge is 2.28. The van der Waals surface area contributed by atoms with Gasteiger partial charge in [0.1, 0.15) is 0 Å². The molecular formula is C20H25N3O5. The molecule has 2 amide bonds. The first-order chi connectivity index (χ1) is 13.5. The van der Waals surface area contributed by atoms with Crippen LogP contribution in [0.1, 0.15) is 17.5 Å². The first-order valence-corrected chi connectivity index (χ1v) is 9.13. The Hall–Kier alpha value is -3.00. The SMILES string of the molecule is COc1ccc(NC(=O)[C@@H](C)N2CCN(C(=O)c3ccco3)CC2)cc1OC. The lowest BCUT2D eigenvalue weighted by Gasteiger charge is -2.37. The number of benzene rings is 1. The molecule has 2 heterocycles. The second-order valence-electron chi connectivity index (χ2n) is 6.54. The molecule has 1 fully saturated rings. The van der Waals surface area contributed by atoms with Crippen molar-refractivity contribution >= 4 is 17.5 Å². The lowest BCUT2D eigenvalue weighted by Crippen LogP contribution is -2.54. The van der Waals surface area contributed by atoms with E-state index in [0.29, 0.717) is 49.1 Å². The van der Waals surface area contributed by atoms with Crippen LogP contribution in [-0.4, -0.2) is 68.1 Å². The number of anilines is 1. The van der Waals surface area contributed by atoms with Gasteiger partial charge in [-0.3, -0.25) is 14.5 Å². The Morgan fingerprint density at radius 2 is 1.79 bits per heavy atom. The molecule has 0 aliphatic carbocycles. The summed E-state index contributed by atoms with van der Waals surface area (Å²) in [5.74, 6) is 1.27. The molecule has 0 radical (unpaired) electrons. The minimum atomic E-state index is -0.325. The fourth-order valence-corrected chi connectivity index (χ4v) is 3.19. The summed E-state index contributed by atoms with van der Waals surface area (Å²) in [6, 6.07) is 8.28. The number of methoxy groups -OCH3 is 2. The molecule has 28 heavy (non-hydrogen) atoms. The molecule has 1 aliphatic heterocycles. The van der Waals surface area contributed by atoms with Crippen molar-refractivity contribution in [2.24, 2.45) is 0 Å². The van der Waals surface area contributed by atoms with Crippen LogP contribution in [0, 0.1) is 0 Å². The maximum absolute atomic E-state index is 12.6. The van der Waals surface area contributed by atoms with Crippen molar-refractivity contribution in [3.63, 3.8) is 0 Å². The van der Waals surface area contributed by atoms with E-state index < -0.39 is 0 Å². The molecule has 8 nitrogen and oxygen atoms in total. The van der Waals surface area contributed by atoms with Crippen molar-refractivity contribution in [1.29, 1.82) is 0 Å². The fraction of sp³-hybridized carbons (Fsp3) is 0.400. The van der Waals surface area contributed by atoms with E-state index in [1.165, 1.54) is 6.26 Å². The van der Waals surface area contributed by atoms with Crippen LogP contribution in [-0.2, 0) is 4.79 Å². The minimum absolute atomic E-state index is 0.113. The summed E-state index contributed by atoms with van der Waals surface area (Å²) in [6.07, 6.45) is 1.49. The Kier molecular flexibility index (Phi) is 6.20. The number of furan rings is 1. The monoisotopic (exact) mass is 387 g/mol. The Morgan fingerprint density at radius 1 is 1.07 bits per heavy atom. The van der Waals surface area contributed by atoms with Gasteiger partial charge in [0, 0.05) is 37.9 Å². The molecule has 2 aromatic rings. The Labute approximate surface area is 164 Å². The zero-order chi connectivity index (χ0) is 20.1. The number of carbonyl (C=O) groups excluding carboxylic acids is 2. The molecule has 0 spiro atoms. The predicted octanol–water partition coefficient (Wildman–Crippen LogP) is 2.08. The van der Waals surface area contributed by atoms with E-state index in [0.717, 1.165) is 0 Å². The standard InChI is InChI=1S/C20H25N3O5/c1-14(19(24)21-15-6-7-16(26-2)18(13-15)27-3)22-8-10-23(11-9-22)20(25)17-5-4-12-28-17/h4-7,12-14H,8-11H2,1-3H3,(H,21,24)/t14-/m1/s1. The van der Waals surface area contributed by atoms with Crippen molar-refractivity contribution in [3.05, 3.63) is 42.4 Å². The lowest BCUT2D eigenvalue weighted by molar-refractivity contribution is -0.121. The van der Waals surface area contributed by atoms with Gasteiger partial charge in [0.2, 0.25) is 5.91 Å². The van der Waals surface area contributed by atoms with Gasteiger partial charge in [0.05, 0.1) is 26.5 Å². The van der Waals surface area contributed by atoms with Crippen LogP contribution in [0.25, 0.3) is 0 Å². The van der Waals surface area contributed by atoms with Gasteiger partial charge in [-0.15, -0.1) is 0 Å². The molecule has 150 valence electrons. The molecule has 1 aromatic carbocycles. The van der Waals surface area contributed by atoms with Crippen LogP contribution in [0.3, 0.4) is 0 Å². The van der Waals surface area contributed by atoms with Crippen LogP contribution < -0.4 is 14.8 Å². The van der Waals surface area contributed by atoms with Crippen molar-refractivity contribution in [2.75, 3.05) is 45.7 Å². The highest BCUT2D eigenvalue weighted by molar-refractivity contribution is 5.95. The zero-order valence-electron chi connectivity index (χ0n) is 16.3. The average molecular weight is 387 g/mol. The smallest absolute Gasteiger partial charge is 0.289 e. The average Bonchev–Trinajstić information content (AvgIpc) is 3.27. The third-order valence-corrected chi connectivity index (χ3v) is 4.91. The molecule has 3 rings (SSSR count). The highest BCUT2D eigenvalue weighted by Crippen LogP contribution is 2.29. The van der Waals surface area contributed by atoms with E-state index in [4.69, 9.17) is 13.9 Å². The molecule has 1 N–H and O–H groups in total. The third-order valence-electron chi connectivity index (χ3n) is 4.91. The second kappa shape index (κ2) is 8.79. The van der Waals surface area contributed by atoms with Gasteiger partial charge < -0.3 is 24.1 Å². The molecule has 8 heteroatoms. The van der Waals surface area contributed by atoms with E-state index >= 15 is 0 Å². The van der Waals surface area contributed by atoms with E-state index in [1.807, 2.05) is 6.92 Å². The summed E-state index contributed by atoms with van der Waals surface area (Å²) >= 11 is 0. The molecule has 0 saturated carbocycles. The van der Waals surface area contributed by atoms with E-state index in [2.05, 4.69) is 10.2 Å². The Balaban J connectivity index is 1.55. The van der Waals surface area contributed by atoms with Crippen LogP contribution in [0.2, 0.25) is 0 Å². The maximum atomic E-state index is 12.6. The summed E-state index contributed by atoms with van der Waals surface area (Å²) in [4.78, 5) is 28.8. The van der Waals surface area contributed by atoms with Crippen molar-refractivity contribution < 1.29 is 23.5 Å². The minimum Gasteiger partial charge on any atom is -0.493 e. The lowest BCUT2D eigenvalue weighted by atomic mass is 10.2. The summed E-state index contributed by atoms with van der Waals surface area (Å²) in [7, 11) is 3.12. The number of rotatable bonds is 6. The molecular weight excluding hydrogens is 362 g/mol. The van der Waals surface area contributed by atoms with Gasteiger partial charge in [-0.1, -0.05) is 0 Å². The molecule has 0 unspecified atom stereocenters. The normalized spacial score (nSPS) is 15.8. The fourth-order valence-electron chi connectivity index (χ4n) is 3.19. The number of ether oxygens (including phenoxy) is 2. The predicted molar refractivity (Wildman–Crippen MR) is 104 cm³/mol. The van der Waals surface area contributed by atoms with Crippen LogP contribution >= 0.6 is 0 Å². The number of nitrogens with one attached hydrogen (secondary N) is 1. The second-order valence-corrected chi connectivity index (χ2v) is 6.54. The molecule has 0 bridgehead atoms. The maximum Gasteiger partial charge on any atom is 0.289 e. The summed E-state index contributed by atoms with van der Waals surface area (Å²) in [5.41, 5.74) is 0.640. The number of amides is 2. The summed E-state index contributed by atoms with van der Waals surface area (Å²) < 4.78 is 15.7. The topological polar surface area (TPSA) is 84.3 Å². The quantitative estimate of drug-likeness (QED) is 0.817. The van der Waals surface area contributed by atoms with Gasteiger partial charge in [-0.25, -0.2) is 0 Å². The van der Waals surface area contributed by atoms with Gasteiger partial charge >= 0.3 is 0 Å². The highest BCUT2D eigenvalue weighted by atomic mass is 16.5. The van der Waals surface area contributed by atoms with E-state index in [-0.39, 0.29) is 17.9 Å². The number of carbonyl (C=O) groups is 2. The largest absolute Gasteiger partial charge is 0.493 e. The molecule has 1 saturated heterocycles. The number of hydrogen-bond acceptors (Lipinski definition) is 6. The van der Waals surface area contributed by atoms with Gasteiger partial charge in [-0.2, -0.15) is 0 Å². The summed E-state index contributed by atoms with van der Waals surface area (Å²) in [5, 5.41) is 2.91. The Morgan fingerprint density at radius 3 is 2.39 bits per heavy atom. The molecule has 1 aliphatic rings. The summed E-state index contributed by atoms with van der Waals surface area (Å²) in [6.45, 7) is 4.20. The number of hydrogen-bond donors (Lipinski definition) is 1. The third kappa shape index (κ3) is 4.28. The number of piperazine rings is 1. The van der Waals surface area contributed by atoms with E-state index in [1.54, 1.807) is 49.5 Å². The molecule has 1 aromatic heterocycles. The van der Waals surface area contributed by atoms with Crippen LogP contribution in [0.5, 0.6) is 11.5 Å². The van der Waals surface area contributed by atoms with Gasteiger partial charge in [0.25, 0.3) is 5.91 Å². The van der Waals surface area contributed by atoms with Crippen molar-refractivity contribution in [2.45, 2.75) is 13.0 Å². The van der Waals surface area contributed by atoms with Gasteiger partial charge in [0.15, 0.2) is 17.3 Å². The first kappa shape index (κ1) is 19.8. The first-order valence-electron chi connectivity index (χ1n) is 9.13. The van der Waals surface area contributed by atoms with E-state index in [9.17, 15) is 9.59 Å². The van der Waals surface area contributed by atoms with Crippen LogP contribution in [0.4, 0.5) is 5.69 Å². The zero-order valence-corrected chi connectivity index (χ0v) is 16.3. The number of nitrogens with zero attached hydrogens (tertiary/aromatic N) is 2. The van der Waals surface area contributed by atoms with Crippen molar-refractivity contribution in [3.8, 4) is 11.5 Å². The molecule has 1 atom stereocenters. The van der Waals surface area contributed by atoms with Crippen LogP contribution in [0.15, 0.2) is 41.0 Å². The van der Waals surface area contributed by atoms with Gasteiger partial charge in [-0.05, 0) is 31.2 Å². The Bertz CT molecular complexity index is 813.